The largest absolute Gasteiger partial charge is 0.497 e. The van der Waals surface area contributed by atoms with Crippen molar-refractivity contribution in [1.82, 2.24) is 4.90 Å². The summed E-state index contributed by atoms with van der Waals surface area (Å²) in [6.07, 6.45) is 6.06. The number of fused-ring (bicyclic) bond motifs is 4. The lowest BCUT2D eigenvalue weighted by Crippen LogP contribution is -2.57. The van der Waals surface area contributed by atoms with Crippen LogP contribution in [-0.4, -0.2) is 48.9 Å². The zero-order valence-corrected chi connectivity index (χ0v) is 14.2. The predicted octanol–water partition coefficient (Wildman–Crippen LogP) is 2.76. The molecular weight excluding hydrogens is 300 g/mol. The van der Waals surface area contributed by atoms with Crippen LogP contribution in [-0.2, 0) is 0 Å². The van der Waals surface area contributed by atoms with E-state index >= 15 is 0 Å². The molecule has 128 valence electrons. The molecule has 2 bridgehead atoms. The van der Waals surface area contributed by atoms with Crippen molar-refractivity contribution < 1.29 is 9.84 Å². The average molecular weight is 326 g/mol. The molecule has 1 aromatic carbocycles. The summed E-state index contributed by atoms with van der Waals surface area (Å²) >= 11 is 0. The first-order valence-electron chi connectivity index (χ1n) is 8.88. The van der Waals surface area contributed by atoms with Gasteiger partial charge in [-0.15, -0.1) is 6.58 Å². The summed E-state index contributed by atoms with van der Waals surface area (Å²) in [6.45, 7) is 6.87. The number of aliphatic hydroxyl groups excluding tert-OH is 1. The van der Waals surface area contributed by atoms with E-state index in [-0.39, 0.29) is 6.04 Å². The highest BCUT2D eigenvalue weighted by molar-refractivity contribution is 5.82. The van der Waals surface area contributed by atoms with Gasteiger partial charge < -0.3 is 15.2 Å². The number of hydrogen-bond donors (Lipinski definition) is 2. The Morgan fingerprint density at radius 2 is 2.33 bits per heavy atom. The molecular formula is C20H26N2O2. The second-order valence-electron chi connectivity index (χ2n) is 7.14. The van der Waals surface area contributed by atoms with Crippen LogP contribution in [0.5, 0.6) is 5.75 Å². The number of methoxy groups -OCH3 is 1. The third kappa shape index (κ3) is 2.54. The lowest BCUT2D eigenvalue weighted by atomic mass is 9.73. The molecule has 4 aliphatic heterocycles. The SMILES string of the molecule is C=C[C@H]1CN2CC[C@H]1C[C@@H]2[C@@H](O)C1=CCNc2ccc(OC)cc21. The van der Waals surface area contributed by atoms with E-state index in [2.05, 4.69) is 28.9 Å². The fourth-order valence-corrected chi connectivity index (χ4v) is 4.62. The number of hydrogen-bond acceptors (Lipinski definition) is 4. The van der Waals surface area contributed by atoms with Crippen LogP contribution in [0.4, 0.5) is 5.69 Å². The monoisotopic (exact) mass is 326 g/mol. The molecule has 5 atom stereocenters. The van der Waals surface area contributed by atoms with Crippen LogP contribution in [0.25, 0.3) is 5.57 Å². The van der Waals surface area contributed by atoms with Crippen molar-refractivity contribution in [3.05, 3.63) is 42.5 Å². The maximum atomic E-state index is 11.2. The van der Waals surface area contributed by atoms with Crippen LogP contribution in [0, 0.1) is 11.8 Å². The number of piperidine rings is 3. The Hall–Kier alpha value is -1.78. The molecule has 4 heteroatoms. The van der Waals surface area contributed by atoms with Crippen molar-refractivity contribution in [3.8, 4) is 5.75 Å². The van der Waals surface area contributed by atoms with Gasteiger partial charge in [0.05, 0.1) is 13.2 Å². The average Bonchev–Trinajstić information content (AvgIpc) is 2.66. The first-order chi connectivity index (χ1) is 11.7. The highest BCUT2D eigenvalue weighted by atomic mass is 16.5. The van der Waals surface area contributed by atoms with Crippen LogP contribution < -0.4 is 10.1 Å². The number of rotatable bonds is 4. The molecule has 4 heterocycles. The lowest BCUT2D eigenvalue weighted by Gasteiger charge is -2.51. The fraction of sp³-hybridized carbons (Fsp3) is 0.500. The number of anilines is 1. The quantitative estimate of drug-likeness (QED) is 0.835. The molecule has 3 fully saturated rings. The minimum atomic E-state index is -0.452. The van der Waals surface area contributed by atoms with Gasteiger partial charge in [-0.1, -0.05) is 12.2 Å². The molecule has 1 aromatic rings. The molecule has 0 saturated carbocycles. The number of aliphatic hydroxyl groups is 1. The molecule has 1 unspecified atom stereocenters. The number of nitrogens with one attached hydrogen (secondary N) is 1. The van der Waals surface area contributed by atoms with Gasteiger partial charge in [-0.2, -0.15) is 0 Å². The molecule has 4 nitrogen and oxygen atoms in total. The van der Waals surface area contributed by atoms with Crippen molar-refractivity contribution in [3.63, 3.8) is 0 Å². The van der Waals surface area contributed by atoms with Crippen LogP contribution in [0.1, 0.15) is 18.4 Å². The van der Waals surface area contributed by atoms with E-state index in [1.165, 1.54) is 6.42 Å². The first kappa shape index (κ1) is 15.7. The van der Waals surface area contributed by atoms with E-state index in [0.29, 0.717) is 11.8 Å². The van der Waals surface area contributed by atoms with Crippen molar-refractivity contribution in [2.45, 2.75) is 25.0 Å². The zero-order valence-electron chi connectivity index (χ0n) is 14.2. The van der Waals surface area contributed by atoms with E-state index in [9.17, 15) is 5.11 Å². The van der Waals surface area contributed by atoms with Gasteiger partial charge in [0.1, 0.15) is 5.75 Å². The molecule has 4 aliphatic rings. The van der Waals surface area contributed by atoms with Gasteiger partial charge in [0.2, 0.25) is 0 Å². The van der Waals surface area contributed by atoms with E-state index in [4.69, 9.17) is 4.74 Å². The molecule has 0 aliphatic carbocycles. The van der Waals surface area contributed by atoms with E-state index < -0.39 is 6.10 Å². The van der Waals surface area contributed by atoms with E-state index in [0.717, 1.165) is 48.6 Å². The molecule has 0 radical (unpaired) electrons. The van der Waals surface area contributed by atoms with Crippen molar-refractivity contribution in [2.24, 2.45) is 11.8 Å². The van der Waals surface area contributed by atoms with Gasteiger partial charge in [0, 0.05) is 30.4 Å². The van der Waals surface area contributed by atoms with E-state index in [1.54, 1.807) is 7.11 Å². The Kier molecular flexibility index (Phi) is 4.10. The zero-order chi connectivity index (χ0) is 16.7. The second kappa shape index (κ2) is 6.26. The topological polar surface area (TPSA) is 44.7 Å². The molecule has 0 spiro atoms. The van der Waals surface area contributed by atoms with E-state index in [1.807, 2.05) is 18.2 Å². The number of ether oxygens (including phenoxy) is 1. The summed E-state index contributed by atoms with van der Waals surface area (Å²) in [7, 11) is 1.68. The third-order valence-electron chi connectivity index (χ3n) is 5.99. The predicted molar refractivity (Wildman–Crippen MR) is 97.2 cm³/mol. The maximum absolute atomic E-state index is 11.2. The minimum Gasteiger partial charge on any atom is -0.497 e. The minimum absolute atomic E-state index is 0.211. The first-order valence-corrected chi connectivity index (χ1v) is 8.88. The van der Waals surface area contributed by atoms with Crippen LogP contribution >= 0.6 is 0 Å². The fourth-order valence-electron chi connectivity index (χ4n) is 4.62. The summed E-state index contributed by atoms with van der Waals surface area (Å²) in [5, 5.41) is 14.6. The molecule has 3 saturated heterocycles. The van der Waals surface area contributed by atoms with Gasteiger partial charge in [-0.25, -0.2) is 0 Å². The Labute approximate surface area is 143 Å². The summed E-state index contributed by atoms with van der Waals surface area (Å²) in [6, 6.07) is 6.24. The van der Waals surface area contributed by atoms with Gasteiger partial charge in [-0.3, -0.25) is 4.90 Å². The molecule has 0 aromatic heterocycles. The summed E-state index contributed by atoms with van der Waals surface area (Å²) in [5.41, 5.74) is 3.18. The number of benzene rings is 1. The summed E-state index contributed by atoms with van der Waals surface area (Å²) in [5.74, 6) is 2.07. The summed E-state index contributed by atoms with van der Waals surface area (Å²) < 4.78 is 5.37. The van der Waals surface area contributed by atoms with Gasteiger partial charge in [0.15, 0.2) is 0 Å². The maximum Gasteiger partial charge on any atom is 0.119 e. The molecule has 24 heavy (non-hydrogen) atoms. The lowest BCUT2D eigenvalue weighted by molar-refractivity contribution is -0.0254. The molecule has 0 amide bonds. The molecule has 5 rings (SSSR count). The van der Waals surface area contributed by atoms with Crippen LogP contribution in [0.3, 0.4) is 0 Å². The van der Waals surface area contributed by atoms with Crippen molar-refractivity contribution in [1.29, 1.82) is 0 Å². The summed E-state index contributed by atoms with van der Waals surface area (Å²) in [4.78, 5) is 2.46. The standard InChI is InChI=1S/C20H26N2O2/c1-3-13-12-22-9-7-14(13)10-19(22)20(23)16-6-8-21-18-5-4-15(24-2)11-17(16)18/h3-6,11,13-14,19-21,23H,1,7-10,12H2,2H3/t13-,14-,19+,20-/m0/s1. The highest BCUT2D eigenvalue weighted by Crippen LogP contribution is 2.42. The number of nitrogens with zero attached hydrogens (tertiary/aromatic N) is 1. The van der Waals surface area contributed by atoms with Gasteiger partial charge in [0.25, 0.3) is 0 Å². The van der Waals surface area contributed by atoms with Gasteiger partial charge >= 0.3 is 0 Å². The van der Waals surface area contributed by atoms with Gasteiger partial charge in [-0.05, 0) is 55.0 Å². The second-order valence-corrected chi connectivity index (χ2v) is 7.14. The Bertz CT molecular complexity index is 670. The highest BCUT2D eigenvalue weighted by Gasteiger charge is 2.42. The Balaban J connectivity index is 1.61. The Morgan fingerprint density at radius 3 is 3.04 bits per heavy atom. The third-order valence-corrected chi connectivity index (χ3v) is 5.99. The van der Waals surface area contributed by atoms with Crippen molar-refractivity contribution >= 4 is 11.3 Å². The van der Waals surface area contributed by atoms with Crippen molar-refractivity contribution in [2.75, 3.05) is 32.1 Å². The smallest absolute Gasteiger partial charge is 0.119 e. The van der Waals surface area contributed by atoms with Crippen LogP contribution in [0.15, 0.2) is 36.9 Å². The van der Waals surface area contributed by atoms with Crippen LogP contribution in [0.2, 0.25) is 0 Å². The molecule has 2 N–H and O–H groups in total. The normalized spacial score (nSPS) is 32.3. The Morgan fingerprint density at radius 1 is 1.46 bits per heavy atom.